The van der Waals surface area contributed by atoms with Crippen LogP contribution in [0.15, 0.2) is 0 Å². The molecule has 0 heterocycles. The van der Waals surface area contributed by atoms with Gasteiger partial charge in [-0.3, -0.25) is 0 Å². The Morgan fingerprint density at radius 2 is 0.400 bits per heavy atom. The Labute approximate surface area is 73.0 Å². The maximum atomic E-state index is 0. The second-order valence-corrected chi connectivity index (χ2v) is 0. The van der Waals surface area contributed by atoms with Gasteiger partial charge in [-0.1, -0.05) is 0 Å². The summed E-state index contributed by atoms with van der Waals surface area (Å²) in [5.74, 6) is 0. The van der Waals surface area contributed by atoms with E-state index in [0.717, 1.165) is 0 Å². The summed E-state index contributed by atoms with van der Waals surface area (Å²) < 4.78 is 0. The summed E-state index contributed by atoms with van der Waals surface area (Å²) in [4.78, 5) is 0. The number of rotatable bonds is 0. The normalized spacial score (nSPS) is 0. The molecule has 0 fully saturated rings. The zero-order valence-corrected chi connectivity index (χ0v) is 5.63. The SMILES string of the molecule is N.N.N.N.[Eu+3]. The van der Waals surface area contributed by atoms with Gasteiger partial charge in [0.1, 0.15) is 0 Å². The predicted molar refractivity (Wildman–Crippen MR) is 20.1 cm³/mol. The van der Waals surface area contributed by atoms with Gasteiger partial charge in [0.2, 0.25) is 0 Å². The van der Waals surface area contributed by atoms with Crippen molar-refractivity contribution in [2.24, 2.45) is 0 Å². The molecule has 0 rings (SSSR count). The first-order valence-corrected chi connectivity index (χ1v) is 0. The van der Waals surface area contributed by atoms with Crippen molar-refractivity contribution in [3.8, 4) is 0 Å². The average Bonchev–Trinajstić information content (AvgIpc) is 0. The van der Waals surface area contributed by atoms with E-state index in [0.29, 0.717) is 0 Å². The van der Waals surface area contributed by atoms with Gasteiger partial charge in [-0.05, 0) is 0 Å². The molecule has 4 nitrogen and oxygen atoms in total. The Morgan fingerprint density at radius 3 is 0.400 bits per heavy atom. The third-order valence-corrected chi connectivity index (χ3v) is 0. The second-order valence-electron chi connectivity index (χ2n) is 0. The van der Waals surface area contributed by atoms with Crippen LogP contribution in [0.2, 0.25) is 0 Å². The monoisotopic (exact) mass is 221 g/mol. The molecule has 0 radical (unpaired) electrons. The molecule has 5 heteroatoms. The van der Waals surface area contributed by atoms with E-state index in [2.05, 4.69) is 0 Å². The van der Waals surface area contributed by atoms with Gasteiger partial charge in [-0.2, -0.15) is 0 Å². The van der Waals surface area contributed by atoms with Gasteiger partial charge >= 0.3 is 49.4 Å². The van der Waals surface area contributed by atoms with Crippen LogP contribution < -0.4 is 24.6 Å². The molecule has 0 aromatic heterocycles. The van der Waals surface area contributed by atoms with Crippen LogP contribution in [-0.2, 0) is 0 Å². The molecular weight excluding hydrogens is 208 g/mol. The first kappa shape index (κ1) is 93.2. The van der Waals surface area contributed by atoms with E-state index in [1.54, 1.807) is 0 Å². The van der Waals surface area contributed by atoms with Crippen molar-refractivity contribution in [1.29, 1.82) is 0 Å². The van der Waals surface area contributed by atoms with Crippen molar-refractivity contribution in [3.63, 3.8) is 0 Å². The minimum atomic E-state index is 0. The standard InChI is InChI=1S/Eu.4H3N/h;4*1H3/q+3;;;;. The van der Waals surface area contributed by atoms with Crippen molar-refractivity contribution < 1.29 is 49.4 Å². The molecule has 0 saturated heterocycles. The first-order valence-electron chi connectivity index (χ1n) is 0. The van der Waals surface area contributed by atoms with E-state index in [-0.39, 0.29) is 74.0 Å². The summed E-state index contributed by atoms with van der Waals surface area (Å²) in [6, 6.07) is 0. The quantitative estimate of drug-likeness (QED) is 0.475. The number of hydrogen-bond donors (Lipinski definition) is 4. The van der Waals surface area contributed by atoms with Crippen molar-refractivity contribution in [2.75, 3.05) is 0 Å². The molecular formula is H12EuN4+3. The van der Waals surface area contributed by atoms with E-state index in [1.165, 1.54) is 0 Å². The van der Waals surface area contributed by atoms with Crippen LogP contribution >= 0.6 is 0 Å². The second kappa shape index (κ2) is 52.3. The maximum absolute atomic E-state index is 0. The van der Waals surface area contributed by atoms with Gasteiger partial charge in [-0.25, -0.2) is 0 Å². The van der Waals surface area contributed by atoms with Crippen molar-refractivity contribution in [1.82, 2.24) is 24.6 Å². The van der Waals surface area contributed by atoms with Crippen LogP contribution in [0.4, 0.5) is 0 Å². The van der Waals surface area contributed by atoms with E-state index in [9.17, 15) is 0 Å². The molecule has 0 saturated carbocycles. The summed E-state index contributed by atoms with van der Waals surface area (Å²) >= 11 is 0. The summed E-state index contributed by atoms with van der Waals surface area (Å²) in [7, 11) is 0. The van der Waals surface area contributed by atoms with Crippen LogP contribution in [-0.4, -0.2) is 0 Å². The van der Waals surface area contributed by atoms with Gasteiger partial charge in [0.25, 0.3) is 0 Å². The van der Waals surface area contributed by atoms with Crippen molar-refractivity contribution in [2.45, 2.75) is 0 Å². The van der Waals surface area contributed by atoms with E-state index in [4.69, 9.17) is 0 Å². The predicted octanol–water partition coefficient (Wildman–Crippen LogP) is 0.648. The van der Waals surface area contributed by atoms with Crippen LogP contribution in [0.3, 0.4) is 0 Å². The maximum Gasteiger partial charge on any atom is 3.00 e. The molecule has 36 valence electrons. The molecule has 0 unspecified atom stereocenters. The van der Waals surface area contributed by atoms with Gasteiger partial charge in [-0.15, -0.1) is 0 Å². The van der Waals surface area contributed by atoms with Crippen LogP contribution in [0.1, 0.15) is 0 Å². The Kier molecular flexibility index (Phi) is 975. The van der Waals surface area contributed by atoms with Gasteiger partial charge in [0.15, 0.2) is 0 Å². The molecule has 0 aromatic carbocycles. The third-order valence-electron chi connectivity index (χ3n) is 0. The Balaban J connectivity index is 0. The van der Waals surface area contributed by atoms with Crippen LogP contribution in [0.5, 0.6) is 0 Å². The number of hydrogen-bond acceptors (Lipinski definition) is 4. The summed E-state index contributed by atoms with van der Waals surface area (Å²) in [6.07, 6.45) is 0. The topological polar surface area (TPSA) is 140 Å². The molecule has 0 aliphatic heterocycles. The van der Waals surface area contributed by atoms with Gasteiger partial charge < -0.3 is 24.6 Å². The molecule has 0 aromatic rings. The first-order chi connectivity index (χ1) is 0. The fraction of sp³-hybridized carbons (Fsp3) is 0. The molecule has 0 bridgehead atoms. The fourth-order valence-electron chi connectivity index (χ4n) is 0. The Bertz CT molecular complexity index is 3.61. The zero-order valence-electron chi connectivity index (χ0n) is 3.21. The summed E-state index contributed by atoms with van der Waals surface area (Å²) in [6.45, 7) is 0. The molecule has 0 amide bonds. The Hall–Kier alpha value is 1.42. The molecule has 0 spiro atoms. The average molecular weight is 220 g/mol. The summed E-state index contributed by atoms with van der Waals surface area (Å²) in [5.41, 5.74) is 0. The fourth-order valence-corrected chi connectivity index (χ4v) is 0. The van der Waals surface area contributed by atoms with Crippen LogP contribution in [0.25, 0.3) is 0 Å². The molecule has 0 aliphatic rings. The van der Waals surface area contributed by atoms with Gasteiger partial charge in [0, 0.05) is 0 Å². The minimum Gasteiger partial charge on any atom is -0.344 e. The minimum absolute atomic E-state index is 0. The van der Waals surface area contributed by atoms with E-state index in [1.807, 2.05) is 0 Å². The van der Waals surface area contributed by atoms with Crippen molar-refractivity contribution >= 4 is 0 Å². The molecule has 0 atom stereocenters. The van der Waals surface area contributed by atoms with Crippen molar-refractivity contribution in [3.05, 3.63) is 0 Å². The zero-order chi connectivity index (χ0) is 0. The van der Waals surface area contributed by atoms with E-state index >= 15 is 0 Å². The largest absolute Gasteiger partial charge is 3.00 e. The molecule has 12 N–H and O–H groups in total. The molecule has 0 aliphatic carbocycles. The van der Waals surface area contributed by atoms with Crippen LogP contribution in [0, 0.1) is 49.4 Å². The van der Waals surface area contributed by atoms with E-state index < -0.39 is 0 Å². The summed E-state index contributed by atoms with van der Waals surface area (Å²) in [5, 5.41) is 0. The smallest absolute Gasteiger partial charge is 0.344 e. The third kappa shape index (κ3) is 31.4. The van der Waals surface area contributed by atoms with Gasteiger partial charge in [0.05, 0.1) is 0 Å². The Morgan fingerprint density at radius 1 is 0.400 bits per heavy atom. The molecule has 5 heavy (non-hydrogen) atoms.